The van der Waals surface area contributed by atoms with Crippen LogP contribution in [0.5, 0.6) is 0 Å². The third-order valence-electron chi connectivity index (χ3n) is 3.22. The summed E-state index contributed by atoms with van der Waals surface area (Å²) in [4.78, 5) is 24.4. The van der Waals surface area contributed by atoms with E-state index in [2.05, 4.69) is 25.6 Å². The van der Waals surface area contributed by atoms with Crippen LogP contribution in [0.1, 0.15) is 23.3 Å². The molecule has 3 rings (SSSR count). The van der Waals surface area contributed by atoms with Crippen LogP contribution < -0.4 is 10.6 Å². The van der Waals surface area contributed by atoms with Crippen molar-refractivity contribution in [1.82, 2.24) is 25.6 Å². The van der Waals surface area contributed by atoms with E-state index in [1.165, 1.54) is 24.9 Å². The minimum absolute atomic E-state index is 0.230. The highest BCUT2D eigenvalue weighted by molar-refractivity contribution is 5.97. The molecule has 0 aliphatic carbocycles. The lowest BCUT2D eigenvalue weighted by Gasteiger charge is -2.11. The molecule has 2 N–H and O–H groups in total. The lowest BCUT2D eigenvalue weighted by atomic mass is 10.2. The van der Waals surface area contributed by atoms with E-state index in [9.17, 15) is 4.79 Å². The van der Waals surface area contributed by atoms with Crippen LogP contribution in [0.2, 0.25) is 0 Å². The van der Waals surface area contributed by atoms with Crippen molar-refractivity contribution in [2.24, 2.45) is 0 Å². The number of carbonyl (C=O) groups is 1. The molecule has 0 aromatic carbocycles. The molecule has 7 heteroatoms. The molecule has 0 bridgehead atoms. The average Bonchev–Trinajstić information content (AvgIpc) is 3.18. The number of aromatic nitrogens is 3. The summed E-state index contributed by atoms with van der Waals surface area (Å²) in [6.07, 6.45) is 8.16. The van der Waals surface area contributed by atoms with Gasteiger partial charge in [0.15, 0.2) is 11.4 Å². The van der Waals surface area contributed by atoms with E-state index in [-0.39, 0.29) is 11.6 Å². The van der Waals surface area contributed by atoms with Gasteiger partial charge in [-0.2, -0.15) is 0 Å². The number of hydrogen-bond donors (Lipinski definition) is 2. The molecular formula is C13H15N5O2. The number of carbonyl (C=O) groups excluding carboxylic acids is 1. The summed E-state index contributed by atoms with van der Waals surface area (Å²) in [5, 5.41) is 6.19. The van der Waals surface area contributed by atoms with Gasteiger partial charge >= 0.3 is 0 Å². The third kappa shape index (κ3) is 2.67. The summed E-state index contributed by atoms with van der Waals surface area (Å²) in [7, 11) is 0. The second kappa shape index (κ2) is 5.79. The van der Waals surface area contributed by atoms with Crippen LogP contribution in [0, 0.1) is 0 Å². The van der Waals surface area contributed by atoms with Crippen molar-refractivity contribution < 1.29 is 9.21 Å². The summed E-state index contributed by atoms with van der Waals surface area (Å²) in [5.41, 5.74) is 0.585. The summed E-state index contributed by atoms with van der Waals surface area (Å²) < 4.78 is 5.18. The zero-order valence-electron chi connectivity index (χ0n) is 10.9. The Morgan fingerprint density at radius 3 is 3.00 bits per heavy atom. The van der Waals surface area contributed by atoms with E-state index < -0.39 is 0 Å². The number of amides is 1. The van der Waals surface area contributed by atoms with Gasteiger partial charge in [-0.3, -0.25) is 4.79 Å². The Hall–Kier alpha value is -2.28. The van der Waals surface area contributed by atoms with Gasteiger partial charge in [0.05, 0.1) is 6.20 Å². The Labute approximate surface area is 115 Å². The first kappa shape index (κ1) is 12.7. The summed E-state index contributed by atoms with van der Waals surface area (Å²) in [6.45, 7) is 1.59. The van der Waals surface area contributed by atoms with Gasteiger partial charge in [-0.25, -0.2) is 15.0 Å². The zero-order chi connectivity index (χ0) is 13.8. The standard InChI is InChI=1S/C13H15N5O2/c19-12(18-8-9-2-1-3-14-9)10-11(16-5-4-15-10)13-17-6-7-20-13/h4-7,9,14H,1-3,8H2,(H,18,19). The molecule has 1 aliphatic rings. The van der Waals surface area contributed by atoms with Gasteiger partial charge in [0.1, 0.15) is 6.26 Å². The van der Waals surface area contributed by atoms with Crippen LogP contribution in [0.3, 0.4) is 0 Å². The molecule has 1 fully saturated rings. The summed E-state index contributed by atoms with van der Waals surface area (Å²) >= 11 is 0. The average molecular weight is 273 g/mol. The van der Waals surface area contributed by atoms with Gasteiger partial charge in [0.25, 0.3) is 5.91 Å². The molecule has 2 aromatic heterocycles. The molecular weight excluding hydrogens is 258 g/mol. The number of rotatable bonds is 4. The van der Waals surface area contributed by atoms with Crippen LogP contribution >= 0.6 is 0 Å². The van der Waals surface area contributed by atoms with Crippen molar-refractivity contribution in [3.05, 3.63) is 30.5 Å². The van der Waals surface area contributed by atoms with Gasteiger partial charge in [0.2, 0.25) is 5.89 Å². The summed E-state index contributed by atoms with van der Waals surface area (Å²) in [6, 6.07) is 0.334. The monoisotopic (exact) mass is 273 g/mol. The topological polar surface area (TPSA) is 92.9 Å². The van der Waals surface area contributed by atoms with Gasteiger partial charge in [0, 0.05) is 25.0 Å². The predicted molar refractivity (Wildman–Crippen MR) is 70.9 cm³/mol. The van der Waals surface area contributed by atoms with Crippen LogP contribution in [0.4, 0.5) is 0 Å². The van der Waals surface area contributed by atoms with Crippen molar-refractivity contribution in [3.63, 3.8) is 0 Å². The van der Waals surface area contributed by atoms with Gasteiger partial charge in [-0.05, 0) is 19.4 Å². The van der Waals surface area contributed by atoms with E-state index in [4.69, 9.17) is 4.42 Å². The molecule has 0 saturated carbocycles. The highest BCUT2D eigenvalue weighted by Crippen LogP contribution is 2.17. The molecule has 7 nitrogen and oxygen atoms in total. The Kier molecular flexibility index (Phi) is 3.69. The smallest absolute Gasteiger partial charge is 0.272 e. The summed E-state index contributed by atoms with van der Waals surface area (Å²) in [5.74, 6) is 0.0299. The van der Waals surface area contributed by atoms with Gasteiger partial charge < -0.3 is 15.1 Å². The van der Waals surface area contributed by atoms with Crippen molar-refractivity contribution in [2.75, 3.05) is 13.1 Å². The molecule has 1 atom stereocenters. The molecule has 3 heterocycles. The van der Waals surface area contributed by atoms with E-state index in [1.807, 2.05) is 0 Å². The Morgan fingerprint density at radius 2 is 2.25 bits per heavy atom. The second-order valence-electron chi connectivity index (χ2n) is 4.59. The largest absolute Gasteiger partial charge is 0.443 e. The fourth-order valence-electron chi connectivity index (χ4n) is 2.23. The quantitative estimate of drug-likeness (QED) is 0.848. The van der Waals surface area contributed by atoms with Crippen LogP contribution in [0.15, 0.2) is 29.3 Å². The van der Waals surface area contributed by atoms with Crippen LogP contribution in [-0.4, -0.2) is 40.0 Å². The first-order valence-electron chi connectivity index (χ1n) is 6.57. The Morgan fingerprint density at radius 1 is 1.35 bits per heavy atom. The first-order chi connectivity index (χ1) is 9.84. The van der Waals surface area contributed by atoms with Gasteiger partial charge in [-0.1, -0.05) is 0 Å². The molecule has 0 spiro atoms. The Bertz CT molecular complexity index is 578. The lowest BCUT2D eigenvalue weighted by molar-refractivity contribution is 0.0945. The van der Waals surface area contributed by atoms with Crippen molar-refractivity contribution in [2.45, 2.75) is 18.9 Å². The normalized spacial score (nSPS) is 18.1. The molecule has 1 aliphatic heterocycles. The number of oxazole rings is 1. The highest BCUT2D eigenvalue weighted by Gasteiger charge is 2.20. The number of hydrogen-bond acceptors (Lipinski definition) is 6. The molecule has 1 unspecified atom stereocenters. The molecule has 1 saturated heterocycles. The maximum absolute atomic E-state index is 12.2. The third-order valence-corrected chi connectivity index (χ3v) is 3.22. The minimum Gasteiger partial charge on any atom is -0.443 e. The van der Waals surface area contributed by atoms with E-state index in [0.717, 1.165) is 19.4 Å². The maximum atomic E-state index is 12.2. The predicted octanol–water partition coefficient (Wildman–Crippen LogP) is 0.613. The molecule has 2 aromatic rings. The highest BCUT2D eigenvalue weighted by atomic mass is 16.3. The van der Waals surface area contributed by atoms with Crippen LogP contribution in [-0.2, 0) is 0 Å². The minimum atomic E-state index is -0.264. The lowest BCUT2D eigenvalue weighted by Crippen LogP contribution is -2.37. The molecule has 20 heavy (non-hydrogen) atoms. The molecule has 1 amide bonds. The molecule has 104 valence electrons. The fraction of sp³-hybridized carbons (Fsp3) is 0.385. The second-order valence-corrected chi connectivity index (χ2v) is 4.59. The first-order valence-corrected chi connectivity index (χ1v) is 6.57. The van der Waals surface area contributed by atoms with Crippen molar-refractivity contribution in [3.8, 4) is 11.6 Å². The van der Waals surface area contributed by atoms with Crippen LogP contribution in [0.25, 0.3) is 11.6 Å². The van der Waals surface area contributed by atoms with Crippen molar-refractivity contribution >= 4 is 5.91 Å². The number of nitrogens with zero attached hydrogens (tertiary/aromatic N) is 3. The maximum Gasteiger partial charge on any atom is 0.272 e. The van der Waals surface area contributed by atoms with E-state index in [0.29, 0.717) is 24.2 Å². The molecule has 0 radical (unpaired) electrons. The number of nitrogens with one attached hydrogen (secondary N) is 2. The fourth-order valence-corrected chi connectivity index (χ4v) is 2.23. The Balaban J connectivity index is 1.74. The SMILES string of the molecule is O=C(NCC1CCCN1)c1nccnc1-c1ncco1. The zero-order valence-corrected chi connectivity index (χ0v) is 10.9. The van der Waals surface area contributed by atoms with E-state index in [1.54, 1.807) is 0 Å². The van der Waals surface area contributed by atoms with Gasteiger partial charge in [-0.15, -0.1) is 0 Å². The van der Waals surface area contributed by atoms with Crippen molar-refractivity contribution in [1.29, 1.82) is 0 Å². The van der Waals surface area contributed by atoms with E-state index >= 15 is 0 Å².